The predicted octanol–water partition coefficient (Wildman–Crippen LogP) is 3.35. The Kier molecular flexibility index (Phi) is 4.45. The van der Waals surface area contributed by atoms with Gasteiger partial charge in [-0.1, -0.05) is 6.07 Å². The summed E-state index contributed by atoms with van der Waals surface area (Å²) < 4.78 is 10.5. The summed E-state index contributed by atoms with van der Waals surface area (Å²) in [7, 11) is 3.22. The minimum atomic E-state index is -0.483. The largest absolute Gasteiger partial charge is 0.493 e. The molecule has 0 aliphatic heterocycles. The highest BCUT2D eigenvalue weighted by atomic mass is 32.1. The van der Waals surface area contributed by atoms with Gasteiger partial charge in [-0.3, -0.25) is 0 Å². The molecule has 0 saturated heterocycles. The third kappa shape index (κ3) is 3.28. The Labute approximate surface area is 117 Å². The van der Waals surface area contributed by atoms with E-state index in [1.165, 1.54) is 4.88 Å². The van der Waals surface area contributed by atoms with Crippen LogP contribution in [0.3, 0.4) is 0 Å². The zero-order chi connectivity index (χ0) is 13.8. The summed E-state index contributed by atoms with van der Waals surface area (Å²) in [5.41, 5.74) is 1.99. The molecule has 1 heterocycles. The Hall–Kier alpha value is -1.52. The number of rotatable bonds is 5. The Morgan fingerprint density at radius 2 is 1.89 bits per heavy atom. The molecule has 1 N–H and O–H groups in total. The molecule has 4 heteroatoms. The van der Waals surface area contributed by atoms with E-state index >= 15 is 0 Å². The number of aliphatic hydroxyl groups is 1. The fraction of sp³-hybridized carbons (Fsp3) is 0.333. The fourth-order valence-corrected chi connectivity index (χ4v) is 2.74. The van der Waals surface area contributed by atoms with Gasteiger partial charge in [0, 0.05) is 11.3 Å². The maximum absolute atomic E-state index is 10.2. The van der Waals surface area contributed by atoms with Crippen LogP contribution in [0.4, 0.5) is 0 Å². The van der Waals surface area contributed by atoms with Crippen LogP contribution in [0.5, 0.6) is 11.5 Å². The van der Waals surface area contributed by atoms with Crippen LogP contribution in [0.25, 0.3) is 0 Å². The number of ether oxygens (including phenoxy) is 2. The predicted molar refractivity (Wildman–Crippen MR) is 77.3 cm³/mol. The van der Waals surface area contributed by atoms with Crippen molar-refractivity contribution in [1.29, 1.82) is 0 Å². The molecule has 1 aromatic carbocycles. The highest BCUT2D eigenvalue weighted by molar-refractivity contribution is 7.10. The van der Waals surface area contributed by atoms with E-state index < -0.39 is 6.10 Å². The smallest absolute Gasteiger partial charge is 0.160 e. The molecule has 2 rings (SSSR count). The van der Waals surface area contributed by atoms with Crippen molar-refractivity contribution in [2.45, 2.75) is 19.4 Å². The van der Waals surface area contributed by atoms with Crippen molar-refractivity contribution in [3.63, 3.8) is 0 Å². The molecule has 0 fully saturated rings. The quantitative estimate of drug-likeness (QED) is 0.911. The van der Waals surface area contributed by atoms with E-state index in [1.54, 1.807) is 25.6 Å². The molecule has 0 saturated carbocycles. The van der Waals surface area contributed by atoms with E-state index in [1.807, 2.05) is 36.6 Å². The van der Waals surface area contributed by atoms with Crippen LogP contribution in [0.1, 0.15) is 22.1 Å². The minimum absolute atomic E-state index is 0.483. The molecule has 0 spiro atoms. The Bertz CT molecular complexity index is 548. The third-order valence-electron chi connectivity index (χ3n) is 3.01. The van der Waals surface area contributed by atoms with E-state index in [4.69, 9.17) is 9.47 Å². The van der Waals surface area contributed by atoms with Crippen LogP contribution in [0.2, 0.25) is 0 Å². The van der Waals surface area contributed by atoms with Gasteiger partial charge in [-0.05, 0) is 41.6 Å². The zero-order valence-electron chi connectivity index (χ0n) is 11.3. The number of thiophene rings is 1. The lowest BCUT2D eigenvalue weighted by Crippen LogP contribution is -2.01. The molecule has 19 heavy (non-hydrogen) atoms. The maximum Gasteiger partial charge on any atom is 0.160 e. The Morgan fingerprint density at radius 3 is 2.47 bits per heavy atom. The molecule has 0 amide bonds. The van der Waals surface area contributed by atoms with E-state index in [2.05, 4.69) is 0 Å². The maximum atomic E-state index is 10.2. The number of hydrogen-bond donors (Lipinski definition) is 1. The Balaban J connectivity index is 2.14. The van der Waals surface area contributed by atoms with Gasteiger partial charge in [0.15, 0.2) is 11.5 Å². The number of methoxy groups -OCH3 is 2. The van der Waals surface area contributed by atoms with E-state index in [-0.39, 0.29) is 0 Å². The van der Waals surface area contributed by atoms with E-state index in [9.17, 15) is 5.11 Å². The lowest BCUT2D eigenvalue weighted by atomic mass is 10.0. The summed E-state index contributed by atoms with van der Waals surface area (Å²) in [6.45, 7) is 2.04. The second kappa shape index (κ2) is 6.08. The first-order chi connectivity index (χ1) is 9.13. The van der Waals surface area contributed by atoms with Gasteiger partial charge in [0.2, 0.25) is 0 Å². The van der Waals surface area contributed by atoms with E-state index in [0.29, 0.717) is 17.9 Å². The molecule has 102 valence electrons. The highest BCUT2D eigenvalue weighted by Crippen LogP contribution is 2.30. The van der Waals surface area contributed by atoms with Crippen LogP contribution < -0.4 is 9.47 Å². The van der Waals surface area contributed by atoms with Gasteiger partial charge in [0.05, 0.1) is 20.3 Å². The first-order valence-corrected chi connectivity index (χ1v) is 6.96. The second-order valence-corrected chi connectivity index (χ2v) is 5.52. The van der Waals surface area contributed by atoms with Crippen molar-refractivity contribution in [3.8, 4) is 11.5 Å². The summed E-state index contributed by atoms with van der Waals surface area (Å²) in [6.07, 6.45) is 0.0827. The molecule has 0 aliphatic carbocycles. The number of benzene rings is 1. The molecule has 3 nitrogen and oxygen atoms in total. The molecule has 0 bridgehead atoms. The lowest BCUT2D eigenvalue weighted by molar-refractivity contribution is 0.179. The summed E-state index contributed by atoms with van der Waals surface area (Å²) >= 11 is 1.65. The van der Waals surface area contributed by atoms with Crippen LogP contribution >= 0.6 is 11.3 Å². The van der Waals surface area contributed by atoms with Crippen LogP contribution in [-0.2, 0) is 6.42 Å². The molecule has 2 aromatic rings. The summed E-state index contributed by atoms with van der Waals surface area (Å²) in [4.78, 5) is 1.21. The third-order valence-corrected chi connectivity index (χ3v) is 3.89. The van der Waals surface area contributed by atoms with E-state index in [0.717, 1.165) is 11.1 Å². The van der Waals surface area contributed by atoms with Crippen molar-refractivity contribution in [2.75, 3.05) is 14.2 Å². The normalized spacial score (nSPS) is 12.2. The standard InChI is InChI=1S/C15H18O3S/c1-10-6-12(9-19-10)13(16)7-11-4-5-14(17-2)15(8-11)18-3/h4-6,8-9,13,16H,7H2,1-3H3. The molecule has 0 radical (unpaired) electrons. The second-order valence-electron chi connectivity index (χ2n) is 4.40. The monoisotopic (exact) mass is 278 g/mol. The fourth-order valence-electron chi connectivity index (χ4n) is 1.99. The van der Waals surface area contributed by atoms with Crippen molar-refractivity contribution >= 4 is 11.3 Å². The van der Waals surface area contributed by atoms with Crippen molar-refractivity contribution < 1.29 is 14.6 Å². The molecule has 0 aliphatic rings. The van der Waals surface area contributed by atoms with Gasteiger partial charge in [0.1, 0.15) is 0 Å². The highest BCUT2D eigenvalue weighted by Gasteiger charge is 2.12. The van der Waals surface area contributed by atoms with Crippen LogP contribution in [0, 0.1) is 6.92 Å². The van der Waals surface area contributed by atoms with Gasteiger partial charge < -0.3 is 14.6 Å². The molecule has 1 atom stereocenters. The summed E-state index contributed by atoms with van der Waals surface area (Å²) in [5.74, 6) is 1.39. The first kappa shape index (κ1) is 13.9. The summed E-state index contributed by atoms with van der Waals surface area (Å²) in [5, 5.41) is 12.2. The topological polar surface area (TPSA) is 38.7 Å². The first-order valence-electron chi connectivity index (χ1n) is 6.08. The van der Waals surface area contributed by atoms with Crippen LogP contribution in [-0.4, -0.2) is 19.3 Å². The molecular formula is C15H18O3S. The van der Waals surface area contributed by atoms with Crippen molar-refractivity contribution in [2.24, 2.45) is 0 Å². The molecule has 1 aromatic heterocycles. The van der Waals surface area contributed by atoms with Gasteiger partial charge in [-0.25, -0.2) is 0 Å². The van der Waals surface area contributed by atoms with Crippen molar-refractivity contribution in [1.82, 2.24) is 0 Å². The number of aliphatic hydroxyl groups excluding tert-OH is 1. The summed E-state index contributed by atoms with van der Waals surface area (Å²) in [6, 6.07) is 7.74. The van der Waals surface area contributed by atoms with Crippen LogP contribution in [0.15, 0.2) is 29.6 Å². The minimum Gasteiger partial charge on any atom is -0.493 e. The van der Waals surface area contributed by atoms with Gasteiger partial charge in [0.25, 0.3) is 0 Å². The number of aryl methyl sites for hydroxylation is 1. The molecular weight excluding hydrogens is 260 g/mol. The van der Waals surface area contributed by atoms with Gasteiger partial charge in [-0.2, -0.15) is 0 Å². The van der Waals surface area contributed by atoms with Crippen molar-refractivity contribution in [3.05, 3.63) is 45.6 Å². The van der Waals surface area contributed by atoms with Gasteiger partial charge >= 0.3 is 0 Å². The van der Waals surface area contributed by atoms with Gasteiger partial charge in [-0.15, -0.1) is 11.3 Å². The average molecular weight is 278 g/mol. The average Bonchev–Trinajstić information content (AvgIpc) is 2.85. The number of hydrogen-bond acceptors (Lipinski definition) is 4. The Morgan fingerprint density at radius 1 is 1.16 bits per heavy atom. The zero-order valence-corrected chi connectivity index (χ0v) is 12.2. The lowest BCUT2D eigenvalue weighted by Gasteiger charge is -2.12. The molecule has 1 unspecified atom stereocenters. The SMILES string of the molecule is COc1ccc(CC(O)c2csc(C)c2)cc1OC.